The van der Waals surface area contributed by atoms with Crippen LogP contribution in [0.5, 0.6) is 0 Å². The zero-order valence-corrected chi connectivity index (χ0v) is 14.7. The van der Waals surface area contributed by atoms with Crippen LogP contribution < -0.4 is 5.32 Å². The van der Waals surface area contributed by atoms with Crippen LogP contribution in [0.4, 0.5) is 5.69 Å². The van der Waals surface area contributed by atoms with Gasteiger partial charge in [-0.1, -0.05) is 18.0 Å². The largest absolute Gasteiger partial charge is 0.332 e. The first-order valence-electron chi connectivity index (χ1n) is 8.94. The number of hydrogen-bond donors (Lipinski definition) is 2. The lowest BCUT2D eigenvalue weighted by Gasteiger charge is -2.09. The summed E-state index contributed by atoms with van der Waals surface area (Å²) >= 11 is 0. The molecule has 0 bridgehead atoms. The Morgan fingerprint density at radius 1 is 1.27 bits per heavy atom. The highest BCUT2D eigenvalue weighted by Crippen LogP contribution is 2.28. The average Bonchev–Trinajstić information content (AvgIpc) is 3.36. The van der Waals surface area contributed by atoms with E-state index in [1.54, 1.807) is 0 Å². The van der Waals surface area contributed by atoms with Gasteiger partial charge in [0.05, 0.1) is 0 Å². The molecule has 2 N–H and O–H groups in total. The van der Waals surface area contributed by atoms with Crippen molar-refractivity contribution in [1.29, 1.82) is 0 Å². The maximum atomic E-state index is 12.1. The van der Waals surface area contributed by atoms with Gasteiger partial charge in [-0.15, -0.1) is 0 Å². The Bertz CT molecular complexity index is 891. The van der Waals surface area contributed by atoms with Crippen LogP contribution in [0, 0.1) is 12.8 Å². The normalized spacial score (nSPS) is 14.7. The van der Waals surface area contributed by atoms with Gasteiger partial charge in [-0.05, 0) is 56.0 Å². The number of aromatic amines is 1. The van der Waals surface area contributed by atoms with Crippen LogP contribution in [-0.4, -0.2) is 26.2 Å². The van der Waals surface area contributed by atoms with E-state index in [1.807, 2.05) is 37.3 Å². The number of nitrogens with one attached hydrogen (secondary N) is 2. The van der Waals surface area contributed by atoms with Gasteiger partial charge in [-0.25, -0.2) is 0 Å². The minimum atomic E-state index is 0.0837. The summed E-state index contributed by atoms with van der Waals surface area (Å²) in [6.45, 7) is 1.91. The van der Waals surface area contributed by atoms with E-state index in [4.69, 9.17) is 4.52 Å². The molecule has 1 amide bonds. The quantitative estimate of drug-likeness (QED) is 0.725. The van der Waals surface area contributed by atoms with Gasteiger partial charge in [-0.2, -0.15) is 10.1 Å². The number of aromatic nitrogens is 4. The summed E-state index contributed by atoms with van der Waals surface area (Å²) in [5.74, 6) is 1.49. The fraction of sp³-hybridized carbons (Fsp3) is 0.368. The number of aryl methyl sites for hydroxylation is 1. The number of benzene rings is 1. The first-order valence-corrected chi connectivity index (χ1v) is 8.94. The van der Waals surface area contributed by atoms with Crippen molar-refractivity contribution < 1.29 is 9.32 Å². The Balaban J connectivity index is 1.41. The fourth-order valence-electron chi connectivity index (χ4n) is 3.36. The zero-order valence-electron chi connectivity index (χ0n) is 14.7. The van der Waals surface area contributed by atoms with Crippen LogP contribution in [0.1, 0.15) is 37.8 Å². The van der Waals surface area contributed by atoms with Gasteiger partial charge in [0.15, 0.2) is 5.69 Å². The molecule has 0 atom stereocenters. The zero-order chi connectivity index (χ0) is 17.9. The van der Waals surface area contributed by atoms with Gasteiger partial charge in [0.2, 0.25) is 11.7 Å². The Morgan fingerprint density at radius 2 is 2.04 bits per heavy atom. The summed E-state index contributed by atoms with van der Waals surface area (Å²) in [5.41, 5.74) is 3.15. The molecular weight excluding hydrogens is 330 g/mol. The average molecular weight is 351 g/mol. The fourth-order valence-corrected chi connectivity index (χ4v) is 3.36. The summed E-state index contributed by atoms with van der Waals surface area (Å²) in [6.07, 6.45) is 5.44. The van der Waals surface area contributed by atoms with Crippen LogP contribution >= 0.6 is 0 Å². The molecule has 7 nitrogen and oxygen atoms in total. The summed E-state index contributed by atoms with van der Waals surface area (Å²) < 4.78 is 5.27. The third-order valence-corrected chi connectivity index (χ3v) is 4.73. The van der Waals surface area contributed by atoms with Gasteiger partial charge in [0.25, 0.3) is 5.89 Å². The van der Waals surface area contributed by atoms with E-state index in [-0.39, 0.29) is 5.91 Å². The maximum Gasteiger partial charge on any atom is 0.278 e. The van der Waals surface area contributed by atoms with Crippen LogP contribution in [0.3, 0.4) is 0 Å². The lowest BCUT2D eigenvalue weighted by atomic mass is 10.0. The van der Waals surface area contributed by atoms with Crippen molar-refractivity contribution in [3.8, 4) is 23.0 Å². The van der Waals surface area contributed by atoms with E-state index in [1.165, 1.54) is 25.7 Å². The number of hydrogen-bond acceptors (Lipinski definition) is 5. The first-order chi connectivity index (χ1) is 12.7. The van der Waals surface area contributed by atoms with Crippen molar-refractivity contribution in [1.82, 2.24) is 20.3 Å². The molecule has 1 aliphatic rings. The Morgan fingerprint density at radius 3 is 2.73 bits per heavy atom. The van der Waals surface area contributed by atoms with E-state index in [0.29, 0.717) is 29.7 Å². The Hall–Kier alpha value is -2.96. The van der Waals surface area contributed by atoms with E-state index in [0.717, 1.165) is 16.9 Å². The van der Waals surface area contributed by atoms with E-state index < -0.39 is 0 Å². The number of carbonyl (C=O) groups is 1. The smallest absolute Gasteiger partial charge is 0.278 e. The van der Waals surface area contributed by atoms with Crippen molar-refractivity contribution in [2.24, 2.45) is 5.92 Å². The molecule has 26 heavy (non-hydrogen) atoms. The van der Waals surface area contributed by atoms with Crippen molar-refractivity contribution >= 4 is 11.6 Å². The monoisotopic (exact) mass is 351 g/mol. The van der Waals surface area contributed by atoms with E-state index >= 15 is 0 Å². The second-order valence-electron chi connectivity index (χ2n) is 6.84. The SMILES string of the molecule is Cc1cc(-c2nc(-c3ccc(NC(=O)CC4CCCC4)cc3)no2)n[nH]1. The topological polar surface area (TPSA) is 96.7 Å². The van der Waals surface area contributed by atoms with Crippen LogP contribution in [0.25, 0.3) is 23.0 Å². The first kappa shape index (κ1) is 16.5. The molecule has 0 radical (unpaired) electrons. The van der Waals surface area contributed by atoms with E-state index in [9.17, 15) is 4.79 Å². The standard InChI is InChI=1S/C19H21N5O2/c1-12-10-16(23-22-12)19-21-18(24-26-19)14-6-8-15(9-7-14)20-17(25)11-13-4-2-3-5-13/h6-10,13H,2-5,11H2,1H3,(H,20,25)(H,22,23). The second kappa shape index (κ2) is 7.11. The highest BCUT2D eigenvalue weighted by Gasteiger charge is 2.18. The molecule has 1 aliphatic carbocycles. The molecule has 0 unspecified atom stereocenters. The second-order valence-corrected chi connectivity index (χ2v) is 6.84. The summed E-state index contributed by atoms with van der Waals surface area (Å²) in [6, 6.07) is 9.30. The maximum absolute atomic E-state index is 12.1. The van der Waals surface area contributed by atoms with Crippen LogP contribution in [-0.2, 0) is 4.79 Å². The van der Waals surface area contributed by atoms with Gasteiger partial charge < -0.3 is 9.84 Å². The number of rotatable bonds is 5. The van der Waals surface area contributed by atoms with Crippen LogP contribution in [0.15, 0.2) is 34.9 Å². The van der Waals surface area contributed by atoms with Crippen molar-refractivity contribution in [2.75, 3.05) is 5.32 Å². The number of H-pyrrole nitrogens is 1. The molecule has 1 saturated carbocycles. The number of amides is 1. The molecule has 134 valence electrons. The molecule has 7 heteroatoms. The lowest BCUT2D eigenvalue weighted by Crippen LogP contribution is -2.14. The van der Waals surface area contributed by atoms with Gasteiger partial charge in [0.1, 0.15) is 0 Å². The predicted octanol–water partition coefficient (Wildman–Crippen LogP) is 3.95. The molecule has 4 rings (SSSR count). The Labute approximate surface area is 151 Å². The molecule has 3 aromatic rings. The third-order valence-electron chi connectivity index (χ3n) is 4.73. The van der Waals surface area contributed by atoms with E-state index in [2.05, 4.69) is 25.7 Å². The molecule has 0 aliphatic heterocycles. The Kier molecular flexibility index (Phi) is 4.51. The molecule has 2 heterocycles. The predicted molar refractivity (Wildman–Crippen MR) is 97.3 cm³/mol. The molecule has 1 fully saturated rings. The van der Waals surface area contributed by atoms with Gasteiger partial charge >= 0.3 is 0 Å². The number of nitrogens with zero attached hydrogens (tertiary/aromatic N) is 3. The lowest BCUT2D eigenvalue weighted by molar-refractivity contribution is -0.117. The molecule has 0 saturated heterocycles. The molecule has 2 aromatic heterocycles. The summed E-state index contributed by atoms with van der Waals surface area (Å²) in [5, 5.41) is 13.9. The highest BCUT2D eigenvalue weighted by atomic mass is 16.5. The van der Waals surface area contributed by atoms with Crippen molar-refractivity contribution in [3.05, 3.63) is 36.0 Å². The minimum Gasteiger partial charge on any atom is -0.332 e. The molecule has 1 aromatic carbocycles. The van der Waals surface area contributed by atoms with Crippen LogP contribution in [0.2, 0.25) is 0 Å². The van der Waals surface area contributed by atoms with Crippen molar-refractivity contribution in [3.63, 3.8) is 0 Å². The number of carbonyl (C=O) groups excluding carboxylic acids is 1. The number of anilines is 1. The molecular formula is C19H21N5O2. The third kappa shape index (κ3) is 3.66. The summed E-state index contributed by atoms with van der Waals surface area (Å²) in [7, 11) is 0. The molecule has 0 spiro atoms. The van der Waals surface area contributed by atoms with Gasteiger partial charge in [-0.3, -0.25) is 9.89 Å². The summed E-state index contributed by atoms with van der Waals surface area (Å²) in [4.78, 5) is 16.5. The highest BCUT2D eigenvalue weighted by molar-refractivity contribution is 5.91. The van der Waals surface area contributed by atoms with Crippen molar-refractivity contribution in [2.45, 2.75) is 39.0 Å². The minimum absolute atomic E-state index is 0.0837. The van der Waals surface area contributed by atoms with Gasteiger partial charge in [0, 0.05) is 23.4 Å².